The molecule has 0 aliphatic rings. The van der Waals surface area contributed by atoms with Gasteiger partial charge in [0.05, 0.1) is 12.8 Å². The first-order valence-corrected chi connectivity index (χ1v) is 4.90. The maximum absolute atomic E-state index is 11.5. The van der Waals surface area contributed by atoms with Crippen molar-refractivity contribution in [2.45, 2.75) is 26.7 Å². The summed E-state index contributed by atoms with van der Waals surface area (Å²) in [5.41, 5.74) is 5.25. The van der Waals surface area contributed by atoms with Crippen LogP contribution in [-0.4, -0.2) is 41.4 Å². The van der Waals surface area contributed by atoms with Gasteiger partial charge in [0.1, 0.15) is 11.6 Å². The molecule has 6 heteroatoms. The molecule has 2 amide bonds. The number of imide groups is 1. The molecule has 0 saturated heterocycles. The van der Waals surface area contributed by atoms with Crippen LogP contribution < -0.4 is 5.73 Å². The van der Waals surface area contributed by atoms with Crippen LogP contribution in [0.15, 0.2) is 0 Å². The first-order chi connectivity index (χ1) is 7.38. The minimum atomic E-state index is -0.607. The van der Waals surface area contributed by atoms with Gasteiger partial charge < -0.3 is 5.73 Å². The molecule has 0 rings (SSSR count). The summed E-state index contributed by atoms with van der Waals surface area (Å²) in [4.78, 5) is 45.3. The summed E-state index contributed by atoms with van der Waals surface area (Å²) in [6.07, 6.45) is -0.687. The third-order valence-electron chi connectivity index (χ3n) is 1.76. The van der Waals surface area contributed by atoms with Gasteiger partial charge >= 0.3 is 0 Å². The molecule has 6 nitrogen and oxygen atoms in total. The first-order valence-electron chi connectivity index (χ1n) is 4.90. The minimum absolute atomic E-state index is 0.0260. The Labute approximate surface area is 93.8 Å². The molecule has 0 aliphatic carbocycles. The van der Waals surface area contributed by atoms with Crippen LogP contribution in [0.3, 0.4) is 0 Å². The van der Waals surface area contributed by atoms with E-state index in [0.29, 0.717) is 0 Å². The second-order valence-corrected chi connectivity index (χ2v) is 3.49. The number of rotatable bonds is 6. The highest BCUT2D eigenvalue weighted by molar-refractivity contribution is 6.08. The number of hydrogen-bond donors (Lipinski definition) is 1. The van der Waals surface area contributed by atoms with Gasteiger partial charge in [0, 0.05) is 13.1 Å². The Morgan fingerprint density at radius 2 is 1.31 bits per heavy atom. The molecule has 0 atom stereocenters. The van der Waals surface area contributed by atoms with Crippen molar-refractivity contribution < 1.29 is 19.2 Å². The number of ketones is 2. The third-order valence-corrected chi connectivity index (χ3v) is 1.76. The number of Topliss-reactive ketones (excluding diaryl/α,β-unsaturated/α-hetero) is 2. The van der Waals surface area contributed by atoms with Gasteiger partial charge in [0.15, 0.2) is 0 Å². The Hall–Kier alpha value is -1.56. The number of amides is 2. The van der Waals surface area contributed by atoms with Crippen molar-refractivity contribution in [2.75, 3.05) is 13.1 Å². The predicted octanol–water partition coefficient (Wildman–Crippen LogP) is -0.741. The van der Waals surface area contributed by atoms with Gasteiger partial charge in [0.25, 0.3) is 0 Å². The van der Waals surface area contributed by atoms with Crippen LogP contribution in [0.5, 0.6) is 0 Å². The molecule has 0 saturated carbocycles. The van der Waals surface area contributed by atoms with E-state index >= 15 is 0 Å². The maximum Gasteiger partial charge on any atom is 0.236 e. The van der Waals surface area contributed by atoms with E-state index in [1.165, 1.54) is 13.8 Å². The normalized spacial score (nSPS) is 9.69. The highest BCUT2D eigenvalue weighted by Crippen LogP contribution is 2.00. The van der Waals surface area contributed by atoms with Crippen LogP contribution in [0.1, 0.15) is 26.7 Å². The zero-order valence-electron chi connectivity index (χ0n) is 9.49. The zero-order chi connectivity index (χ0) is 12.7. The molecule has 0 bridgehead atoms. The summed E-state index contributed by atoms with van der Waals surface area (Å²) in [5, 5.41) is 0. The van der Waals surface area contributed by atoms with Crippen molar-refractivity contribution in [2.24, 2.45) is 5.73 Å². The first kappa shape index (κ1) is 14.4. The molecular formula is C10H16N2O4. The molecule has 0 aromatic carbocycles. The fourth-order valence-electron chi connectivity index (χ4n) is 1.13. The lowest BCUT2D eigenvalue weighted by Gasteiger charge is -2.18. The zero-order valence-corrected chi connectivity index (χ0v) is 9.49. The van der Waals surface area contributed by atoms with Crippen LogP contribution in [0.25, 0.3) is 0 Å². The monoisotopic (exact) mass is 228 g/mol. The highest BCUT2D eigenvalue weighted by atomic mass is 16.2. The Kier molecular flexibility index (Phi) is 6.17. The summed E-state index contributed by atoms with van der Waals surface area (Å²) in [7, 11) is 0. The Morgan fingerprint density at radius 3 is 1.56 bits per heavy atom. The number of hydrogen-bond acceptors (Lipinski definition) is 5. The van der Waals surface area contributed by atoms with E-state index < -0.39 is 11.8 Å². The van der Waals surface area contributed by atoms with E-state index in [2.05, 4.69) is 0 Å². The van der Waals surface area contributed by atoms with Gasteiger partial charge in [-0.05, 0) is 13.8 Å². The molecule has 0 spiro atoms. The smallest absolute Gasteiger partial charge is 0.236 e. The molecule has 0 aromatic heterocycles. The summed E-state index contributed by atoms with van der Waals surface area (Å²) < 4.78 is 0. The second-order valence-electron chi connectivity index (χ2n) is 3.49. The highest BCUT2D eigenvalue weighted by Gasteiger charge is 2.22. The lowest BCUT2D eigenvalue weighted by molar-refractivity contribution is -0.146. The summed E-state index contributed by atoms with van der Waals surface area (Å²) >= 11 is 0. The van der Waals surface area contributed by atoms with Crippen molar-refractivity contribution >= 4 is 23.4 Å². The third kappa shape index (κ3) is 5.35. The molecule has 90 valence electrons. The predicted molar refractivity (Wildman–Crippen MR) is 56.4 cm³/mol. The lowest BCUT2D eigenvalue weighted by atomic mass is 10.2. The van der Waals surface area contributed by atoms with Crippen LogP contribution >= 0.6 is 0 Å². The number of carbonyl (C=O) groups excluding carboxylic acids is 4. The fraction of sp³-hybridized carbons (Fsp3) is 0.600. The van der Waals surface area contributed by atoms with Gasteiger partial charge in [0.2, 0.25) is 11.8 Å². The fourth-order valence-corrected chi connectivity index (χ4v) is 1.13. The van der Waals surface area contributed by atoms with Crippen molar-refractivity contribution in [3.05, 3.63) is 0 Å². The maximum atomic E-state index is 11.5. The van der Waals surface area contributed by atoms with E-state index in [-0.39, 0.29) is 37.5 Å². The van der Waals surface area contributed by atoms with Crippen molar-refractivity contribution in [3.8, 4) is 0 Å². The van der Waals surface area contributed by atoms with Gasteiger partial charge in [-0.2, -0.15) is 0 Å². The second kappa shape index (κ2) is 6.84. The molecule has 2 N–H and O–H groups in total. The van der Waals surface area contributed by atoms with Gasteiger partial charge in [-0.15, -0.1) is 0 Å². The van der Waals surface area contributed by atoms with E-state index in [4.69, 9.17) is 5.73 Å². The summed E-state index contributed by atoms with van der Waals surface area (Å²) in [6.45, 7) is 2.65. The average Bonchev–Trinajstić information content (AvgIpc) is 2.11. The van der Waals surface area contributed by atoms with E-state index in [9.17, 15) is 19.2 Å². The van der Waals surface area contributed by atoms with E-state index in [0.717, 1.165) is 4.90 Å². The molecule has 0 unspecified atom stereocenters. The molecular weight excluding hydrogens is 212 g/mol. The Bertz CT molecular complexity index is 284. The van der Waals surface area contributed by atoms with Crippen LogP contribution in [0.4, 0.5) is 0 Å². The van der Waals surface area contributed by atoms with Crippen LogP contribution in [0, 0.1) is 0 Å². The Morgan fingerprint density at radius 1 is 0.938 bits per heavy atom. The van der Waals surface area contributed by atoms with E-state index in [1.807, 2.05) is 0 Å². The van der Waals surface area contributed by atoms with Crippen molar-refractivity contribution in [1.29, 1.82) is 0 Å². The number of carbonyl (C=O) groups is 4. The largest absolute Gasteiger partial charge is 0.329 e. The number of nitrogens with zero attached hydrogens (tertiary/aromatic N) is 1. The molecule has 0 fully saturated rings. The minimum Gasteiger partial charge on any atom is -0.329 e. The molecule has 0 aromatic rings. The average molecular weight is 228 g/mol. The molecule has 0 aliphatic heterocycles. The van der Waals surface area contributed by atoms with Crippen molar-refractivity contribution in [1.82, 2.24) is 4.90 Å². The van der Waals surface area contributed by atoms with E-state index in [1.54, 1.807) is 0 Å². The summed E-state index contributed by atoms with van der Waals surface area (Å²) in [6, 6.07) is 0. The van der Waals surface area contributed by atoms with Gasteiger partial charge in [-0.25, -0.2) is 0 Å². The standard InChI is InChI=1S/C10H16N2O4/c1-7(13)5-9(15)12(4-3-11)10(16)6-8(2)14/h3-6,11H2,1-2H3. The van der Waals surface area contributed by atoms with Crippen LogP contribution in [0.2, 0.25) is 0 Å². The SMILES string of the molecule is CC(=O)CC(=O)N(CCN)C(=O)CC(C)=O. The van der Waals surface area contributed by atoms with Gasteiger partial charge in [-0.1, -0.05) is 0 Å². The van der Waals surface area contributed by atoms with Crippen LogP contribution in [-0.2, 0) is 19.2 Å². The topological polar surface area (TPSA) is 97.5 Å². The molecule has 0 heterocycles. The lowest BCUT2D eigenvalue weighted by Crippen LogP contribution is -2.41. The molecule has 16 heavy (non-hydrogen) atoms. The molecule has 0 radical (unpaired) electrons. The van der Waals surface area contributed by atoms with Gasteiger partial charge in [-0.3, -0.25) is 24.1 Å². The summed E-state index contributed by atoms with van der Waals surface area (Å²) in [5.74, 6) is -1.88. The van der Waals surface area contributed by atoms with Crippen molar-refractivity contribution in [3.63, 3.8) is 0 Å². The number of nitrogens with two attached hydrogens (primary N) is 1. The Balaban J connectivity index is 4.58. The quantitative estimate of drug-likeness (QED) is 0.604.